The minimum atomic E-state index is -0.160. The highest BCUT2D eigenvalue weighted by molar-refractivity contribution is 7.99. The first-order valence-electron chi connectivity index (χ1n) is 11.9. The summed E-state index contributed by atoms with van der Waals surface area (Å²) in [7, 11) is 1.64. The van der Waals surface area contributed by atoms with Crippen LogP contribution in [0, 0.1) is 0 Å². The van der Waals surface area contributed by atoms with Crippen LogP contribution >= 0.6 is 11.8 Å². The lowest BCUT2D eigenvalue weighted by Gasteiger charge is -2.19. The first-order chi connectivity index (χ1) is 17.4. The number of hydrogen-bond acceptors (Lipinski definition) is 7. The molecule has 2 aromatic heterocycles. The summed E-state index contributed by atoms with van der Waals surface area (Å²) in [5.41, 5.74) is 4.38. The minimum absolute atomic E-state index is 0.160. The topological polar surface area (TPSA) is 99.8 Å². The van der Waals surface area contributed by atoms with Crippen molar-refractivity contribution in [2.24, 2.45) is 0 Å². The maximum absolute atomic E-state index is 12.8. The Kier molecular flexibility index (Phi) is 8.04. The molecule has 1 amide bonds. The van der Waals surface area contributed by atoms with Gasteiger partial charge in [0.05, 0.1) is 31.3 Å². The fourth-order valence-electron chi connectivity index (χ4n) is 3.94. The smallest absolute Gasteiger partial charge is 0.235 e. The molecular formula is C26H31N7O2S. The Labute approximate surface area is 215 Å². The quantitative estimate of drug-likeness (QED) is 0.306. The number of benzene rings is 2. The Morgan fingerprint density at radius 2 is 1.72 bits per heavy atom. The molecule has 0 aliphatic rings. The van der Waals surface area contributed by atoms with Gasteiger partial charge in [0.25, 0.3) is 0 Å². The fourth-order valence-corrected chi connectivity index (χ4v) is 4.62. The van der Waals surface area contributed by atoms with Gasteiger partial charge in [0.15, 0.2) is 0 Å². The van der Waals surface area contributed by atoms with Crippen molar-refractivity contribution in [1.82, 2.24) is 30.0 Å². The summed E-state index contributed by atoms with van der Waals surface area (Å²) in [6, 6.07) is 15.8. The highest BCUT2D eigenvalue weighted by atomic mass is 32.2. The number of nitrogens with one attached hydrogen (secondary N) is 1. The molecule has 0 saturated heterocycles. The molecule has 0 bridgehead atoms. The molecule has 188 valence electrons. The van der Waals surface area contributed by atoms with E-state index in [1.54, 1.807) is 28.7 Å². The van der Waals surface area contributed by atoms with Gasteiger partial charge in [-0.1, -0.05) is 69.8 Å². The molecule has 0 aliphatic heterocycles. The van der Waals surface area contributed by atoms with E-state index < -0.39 is 0 Å². The van der Waals surface area contributed by atoms with Gasteiger partial charge < -0.3 is 10.1 Å². The number of nitrogens with zero attached hydrogens (tertiary/aromatic N) is 6. The van der Waals surface area contributed by atoms with E-state index in [0.29, 0.717) is 29.4 Å². The van der Waals surface area contributed by atoms with Crippen LogP contribution in [0.1, 0.15) is 56.2 Å². The van der Waals surface area contributed by atoms with Gasteiger partial charge in [0.2, 0.25) is 11.1 Å². The molecule has 0 radical (unpaired) electrons. The van der Waals surface area contributed by atoms with Crippen molar-refractivity contribution >= 4 is 23.5 Å². The Morgan fingerprint density at radius 3 is 2.36 bits per heavy atom. The summed E-state index contributed by atoms with van der Waals surface area (Å²) in [5, 5.41) is 20.3. The van der Waals surface area contributed by atoms with Gasteiger partial charge in [0, 0.05) is 6.07 Å². The second-order valence-corrected chi connectivity index (χ2v) is 9.97. The number of hydrogen-bond donors (Lipinski definition) is 1. The largest absolute Gasteiger partial charge is 0.497 e. The van der Waals surface area contributed by atoms with E-state index in [4.69, 9.17) is 4.74 Å². The lowest BCUT2D eigenvalue weighted by molar-refractivity contribution is -0.113. The third-order valence-corrected chi connectivity index (χ3v) is 6.72. The summed E-state index contributed by atoms with van der Waals surface area (Å²) in [5.74, 6) is 2.03. The van der Waals surface area contributed by atoms with E-state index in [0.717, 1.165) is 17.0 Å². The zero-order valence-electron chi connectivity index (χ0n) is 21.2. The van der Waals surface area contributed by atoms with Crippen molar-refractivity contribution in [2.75, 3.05) is 18.2 Å². The second-order valence-electron chi connectivity index (χ2n) is 9.03. The van der Waals surface area contributed by atoms with Gasteiger partial charge in [-0.15, -0.1) is 5.10 Å². The molecular weight excluding hydrogens is 474 g/mol. The molecule has 0 spiro atoms. The van der Waals surface area contributed by atoms with E-state index in [-0.39, 0.29) is 11.7 Å². The lowest BCUT2D eigenvalue weighted by atomic mass is 9.93. The van der Waals surface area contributed by atoms with Crippen LogP contribution in [0.4, 0.5) is 5.82 Å². The predicted molar refractivity (Wildman–Crippen MR) is 141 cm³/mol. The van der Waals surface area contributed by atoms with Crippen LogP contribution in [0.3, 0.4) is 0 Å². The first kappa shape index (κ1) is 25.4. The first-order valence-corrected chi connectivity index (χ1v) is 12.8. The number of carbonyl (C=O) groups is 1. The molecule has 0 atom stereocenters. The number of carbonyl (C=O) groups excluding carboxylic acids is 1. The average molecular weight is 506 g/mol. The van der Waals surface area contributed by atoms with E-state index >= 15 is 0 Å². The van der Waals surface area contributed by atoms with Crippen molar-refractivity contribution < 1.29 is 9.53 Å². The molecule has 0 aliphatic carbocycles. The summed E-state index contributed by atoms with van der Waals surface area (Å²) in [4.78, 5) is 12.8. The molecule has 2 aromatic carbocycles. The normalized spacial score (nSPS) is 11.3. The van der Waals surface area contributed by atoms with Gasteiger partial charge in [-0.05, 0) is 51.1 Å². The van der Waals surface area contributed by atoms with Gasteiger partial charge in [0.1, 0.15) is 11.6 Å². The monoisotopic (exact) mass is 505 g/mol. The average Bonchev–Trinajstić information content (AvgIpc) is 3.52. The number of para-hydroxylation sites is 1. The second kappa shape index (κ2) is 11.4. The van der Waals surface area contributed by atoms with E-state index in [9.17, 15) is 4.79 Å². The Morgan fingerprint density at radius 1 is 1.03 bits per heavy atom. The van der Waals surface area contributed by atoms with Gasteiger partial charge >= 0.3 is 0 Å². The summed E-state index contributed by atoms with van der Waals surface area (Å²) in [6.45, 7) is 9.15. The highest BCUT2D eigenvalue weighted by Crippen LogP contribution is 2.32. The van der Waals surface area contributed by atoms with Crippen molar-refractivity contribution in [3.05, 3.63) is 71.4 Å². The SMILES string of the molecule is COc1ccc(Cn2nccc2NC(=O)CSc2nnnn2-c2c(C(C)C)cccc2C(C)C)cc1. The van der Waals surface area contributed by atoms with Crippen LogP contribution < -0.4 is 10.1 Å². The van der Waals surface area contributed by atoms with Crippen molar-refractivity contribution in [2.45, 2.75) is 51.2 Å². The summed E-state index contributed by atoms with van der Waals surface area (Å²) < 4.78 is 8.73. The number of anilines is 1. The molecule has 36 heavy (non-hydrogen) atoms. The minimum Gasteiger partial charge on any atom is -0.497 e. The highest BCUT2D eigenvalue weighted by Gasteiger charge is 2.20. The zero-order valence-corrected chi connectivity index (χ0v) is 22.0. The van der Waals surface area contributed by atoms with Crippen LogP contribution in [0.25, 0.3) is 5.69 Å². The third kappa shape index (κ3) is 5.76. The van der Waals surface area contributed by atoms with Crippen molar-refractivity contribution in [3.8, 4) is 11.4 Å². The van der Waals surface area contributed by atoms with Crippen molar-refractivity contribution in [3.63, 3.8) is 0 Å². The summed E-state index contributed by atoms with van der Waals surface area (Å²) in [6.07, 6.45) is 1.67. The van der Waals surface area contributed by atoms with Crippen LogP contribution in [0.15, 0.2) is 59.9 Å². The number of amides is 1. The number of ether oxygens (including phenoxy) is 1. The molecule has 4 aromatic rings. The number of tetrazole rings is 1. The Hall–Kier alpha value is -3.66. The molecule has 0 fully saturated rings. The van der Waals surface area contributed by atoms with Gasteiger partial charge in [-0.3, -0.25) is 4.79 Å². The molecule has 0 unspecified atom stereocenters. The molecule has 1 N–H and O–H groups in total. The van der Waals surface area contributed by atoms with Crippen LogP contribution in [0.2, 0.25) is 0 Å². The van der Waals surface area contributed by atoms with Crippen LogP contribution in [-0.4, -0.2) is 48.8 Å². The number of rotatable bonds is 10. The molecule has 9 nitrogen and oxygen atoms in total. The number of methoxy groups -OCH3 is 1. The lowest BCUT2D eigenvalue weighted by Crippen LogP contribution is -2.18. The van der Waals surface area contributed by atoms with Crippen LogP contribution in [0.5, 0.6) is 5.75 Å². The Balaban J connectivity index is 1.46. The maximum Gasteiger partial charge on any atom is 0.235 e. The van der Waals surface area contributed by atoms with Crippen LogP contribution in [-0.2, 0) is 11.3 Å². The number of thioether (sulfide) groups is 1. The molecule has 2 heterocycles. The molecule has 0 saturated carbocycles. The van der Waals surface area contributed by atoms with E-state index in [1.165, 1.54) is 22.9 Å². The maximum atomic E-state index is 12.8. The number of aromatic nitrogens is 6. The molecule has 10 heteroatoms. The van der Waals surface area contributed by atoms with E-state index in [2.05, 4.69) is 71.8 Å². The van der Waals surface area contributed by atoms with Gasteiger partial charge in [-0.2, -0.15) is 9.78 Å². The van der Waals surface area contributed by atoms with Crippen molar-refractivity contribution in [1.29, 1.82) is 0 Å². The predicted octanol–water partition coefficient (Wildman–Crippen LogP) is 4.89. The Bertz CT molecular complexity index is 1290. The molecule has 4 rings (SSSR count). The zero-order chi connectivity index (χ0) is 25.7. The standard InChI is InChI=1S/C26H31N7O2S/c1-17(2)21-7-6-8-22(18(3)4)25(21)33-26(29-30-31-33)36-16-24(34)28-23-13-14-27-32(23)15-19-9-11-20(35-5)12-10-19/h6-14,17-18H,15-16H2,1-5H3,(H,28,34). The van der Waals surface area contributed by atoms with E-state index in [1.807, 2.05) is 24.3 Å². The summed E-state index contributed by atoms with van der Waals surface area (Å²) >= 11 is 1.30. The fraction of sp³-hybridized carbons (Fsp3) is 0.346. The van der Waals surface area contributed by atoms with Gasteiger partial charge in [-0.25, -0.2) is 4.68 Å². The third-order valence-electron chi connectivity index (χ3n) is 5.80.